The van der Waals surface area contributed by atoms with Crippen molar-refractivity contribution in [2.24, 2.45) is 0 Å². The molecule has 0 aliphatic carbocycles. The highest BCUT2D eigenvalue weighted by Gasteiger charge is 2.15. The van der Waals surface area contributed by atoms with Crippen LogP contribution in [0.3, 0.4) is 0 Å². The number of benzene rings is 1. The average Bonchev–Trinajstić information content (AvgIpc) is 3.05. The molecular weight excluding hydrogens is 288 g/mol. The topological polar surface area (TPSA) is 54.0 Å². The zero-order chi connectivity index (χ0) is 15.6. The van der Waals surface area contributed by atoms with Crippen LogP contribution in [0.15, 0.2) is 36.5 Å². The number of nitrogens with zero attached hydrogens (tertiary/aromatic N) is 3. The van der Waals surface area contributed by atoms with Crippen molar-refractivity contribution >= 4 is 16.7 Å². The Hall–Kier alpha value is -2.40. The molecule has 23 heavy (non-hydrogen) atoms. The molecule has 1 saturated heterocycles. The molecule has 118 valence electrons. The lowest BCUT2D eigenvalue weighted by Gasteiger charge is -2.27. The maximum absolute atomic E-state index is 5.42. The third kappa shape index (κ3) is 2.68. The Balaban J connectivity index is 1.72. The van der Waals surface area contributed by atoms with Gasteiger partial charge >= 0.3 is 0 Å². The monoisotopic (exact) mass is 308 g/mol. The van der Waals surface area contributed by atoms with Gasteiger partial charge in [-0.05, 0) is 30.2 Å². The van der Waals surface area contributed by atoms with Gasteiger partial charge in [-0.15, -0.1) is 0 Å². The van der Waals surface area contributed by atoms with Gasteiger partial charge in [-0.3, -0.25) is 5.10 Å². The molecule has 0 radical (unpaired) electrons. The number of morpholine rings is 1. The number of nitrogens with one attached hydrogen (secondary N) is 1. The number of aromatic nitrogens is 3. The van der Waals surface area contributed by atoms with Gasteiger partial charge in [-0.25, -0.2) is 4.98 Å². The molecule has 3 heterocycles. The first-order valence-electron chi connectivity index (χ1n) is 8.11. The minimum atomic E-state index is 0.761. The number of hydrogen-bond acceptors (Lipinski definition) is 4. The molecule has 0 amide bonds. The number of rotatable bonds is 3. The third-order valence-electron chi connectivity index (χ3n) is 4.39. The number of anilines is 1. The van der Waals surface area contributed by atoms with Crippen molar-refractivity contribution in [1.29, 1.82) is 0 Å². The first kappa shape index (κ1) is 14.2. The fourth-order valence-corrected chi connectivity index (χ4v) is 3.04. The molecule has 5 nitrogen and oxygen atoms in total. The normalized spacial score (nSPS) is 15.3. The predicted molar refractivity (Wildman–Crippen MR) is 91.7 cm³/mol. The van der Waals surface area contributed by atoms with Gasteiger partial charge in [0.1, 0.15) is 11.5 Å². The van der Waals surface area contributed by atoms with E-state index in [9.17, 15) is 0 Å². The van der Waals surface area contributed by atoms with Crippen LogP contribution in [0.25, 0.3) is 22.2 Å². The zero-order valence-corrected chi connectivity index (χ0v) is 13.2. The van der Waals surface area contributed by atoms with Crippen LogP contribution < -0.4 is 4.90 Å². The Morgan fingerprint density at radius 3 is 2.87 bits per heavy atom. The van der Waals surface area contributed by atoms with Crippen LogP contribution in [0.5, 0.6) is 0 Å². The van der Waals surface area contributed by atoms with E-state index in [0.29, 0.717) is 0 Å². The number of ether oxygens (including phenoxy) is 1. The van der Waals surface area contributed by atoms with Gasteiger partial charge in [-0.2, -0.15) is 5.10 Å². The summed E-state index contributed by atoms with van der Waals surface area (Å²) in [6, 6.07) is 10.6. The molecule has 1 N–H and O–H groups in total. The first-order chi connectivity index (χ1) is 11.3. The highest BCUT2D eigenvalue weighted by Crippen LogP contribution is 2.28. The maximum Gasteiger partial charge on any atom is 0.129 e. The van der Waals surface area contributed by atoms with Crippen LogP contribution in [-0.4, -0.2) is 41.5 Å². The molecule has 1 aromatic carbocycles. The average molecular weight is 308 g/mol. The highest BCUT2D eigenvalue weighted by atomic mass is 16.5. The minimum Gasteiger partial charge on any atom is -0.378 e. The number of fused-ring (bicyclic) bond motifs is 1. The van der Waals surface area contributed by atoms with E-state index in [2.05, 4.69) is 51.3 Å². The Morgan fingerprint density at radius 2 is 2.04 bits per heavy atom. The number of hydrogen-bond donors (Lipinski definition) is 1. The number of pyridine rings is 1. The molecule has 0 unspecified atom stereocenters. The molecule has 2 aromatic heterocycles. The Morgan fingerprint density at radius 1 is 1.17 bits per heavy atom. The van der Waals surface area contributed by atoms with Crippen LogP contribution in [0.2, 0.25) is 0 Å². The first-order valence-corrected chi connectivity index (χ1v) is 8.11. The molecule has 0 bridgehead atoms. The van der Waals surface area contributed by atoms with Gasteiger partial charge < -0.3 is 9.64 Å². The van der Waals surface area contributed by atoms with Gasteiger partial charge in [0.05, 0.1) is 18.7 Å². The largest absolute Gasteiger partial charge is 0.378 e. The van der Waals surface area contributed by atoms with Crippen molar-refractivity contribution in [1.82, 2.24) is 15.2 Å². The maximum atomic E-state index is 5.42. The second-order valence-electron chi connectivity index (χ2n) is 5.81. The summed E-state index contributed by atoms with van der Waals surface area (Å²) in [5.74, 6) is 0.993. The SMILES string of the molecule is CCc1ccc2c(-c3ccnc(N4CCOCC4)c3)n[nH]c2c1. The van der Waals surface area contributed by atoms with Crippen molar-refractivity contribution in [2.45, 2.75) is 13.3 Å². The molecule has 1 fully saturated rings. The van der Waals surface area contributed by atoms with Gasteiger partial charge in [-0.1, -0.05) is 19.1 Å². The molecule has 0 spiro atoms. The summed E-state index contributed by atoms with van der Waals surface area (Å²) >= 11 is 0. The van der Waals surface area contributed by atoms with E-state index in [-0.39, 0.29) is 0 Å². The second-order valence-corrected chi connectivity index (χ2v) is 5.81. The molecule has 0 saturated carbocycles. The Bertz CT molecular complexity index is 821. The summed E-state index contributed by atoms with van der Waals surface area (Å²) in [6.45, 7) is 5.46. The number of H-pyrrole nitrogens is 1. The van der Waals surface area contributed by atoms with E-state index < -0.39 is 0 Å². The molecule has 1 aliphatic heterocycles. The van der Waals surface area contributed by atoms with E-state index in [1.807, 2.05) is 12.3 Å². The molecule has 5 heteroatoms. The molecule has 4 rings (SSSR count). The van der Waals surface area contributed by atoms with E-state index in [1.54, 1.807) is 0 Å². The van der Waals surface area contributed by atoms with Gasteiger partial charge in [0.25, 0.3) is 0 Å². The van der Waals surface area contributed by atoms with Crippen LogP contribution in [0.1, 0.15) is 12.5 Å². The lowest BCUT2D eigenvalue weighted by atomic mass is 10.1. The quantitative estimate of drug-likeness (QED) is 0.808. The Labute approximate surface area is 135 Å². The lowest BCUT2D eigenvalue weighted by molar-refractivity contribution is 0.122. The zero-order valence-electron chi connectivity index (χ0n) is 13.2. The van der Waals surface area contributed by atoms with Crippen molar-refractivity contribution in [3.63, 3.8) is 0 Å². The number of aromatic amines is 1. The summed E-state index contributed by atoms with van der Waals surface area (Å²) in [7, 11) is 0. The lowest BCUT2D eigenvalue weighted by Crippen LogP contribution is -2.36. The summed E-state index contributed by atoms with van der Waals surface area (Å²) in [6.07, 6.45) is 2.89. The fourth-order valence-electron chi connectivity index (χ4n) is 3.04. The second kappa shape index (κ2) is 6.01. The van der Waals surface area contributed by atoms with E-state index in [4.69, 9.17) is 4.74 Å². The minimum absolute atomic E-state index is 0.761. The van der Waals surface area contributed by atoms with E-state index >= 15 is 0 Å². The van der Waals surface area contributed by atoms with Crippen molar-refractivity contribution in [3.8, 4) is 11.3 Å². The smallest absolute Gasteiger partial charge is 0.129 e. The van der Waals surface area contributed by atoms with Crippen molar-refractivity contribution in [3.05, 3.63) is 42.1 Å². The van der Waals surface area contributed by atoms with Crippen LogP contribution in [-0.2, 0) is 11.2 Å². The summed E-state index contributed by atoms with van der Waals surface area (Å²) < 4.78 is 5.42. The number of aryl methyl sites for hydroxylation is 1. The summed E-state index contributed by atoms with van der Waals surface area (Å²) in [5.41, 5.74) is 4.48. The third-order valence-corrected chi connectivity index (χ3v) is 4.39. The van der Waals surface area contributed by atoms with E-state index in [1.165, 1.54) is 5.56 Å². The predicted octanol–water partition coefficient (Wildman–Crippen LogP) is 3.02. The molecular formula is C18H20N4O. The van der Waals surface area contributed by atoms with Crippen LogP contribution in [0, 0.1) is 0 Å². The standard InChI is InChI=1S/C18H20N4O/c1-2-13-3-4-15-16(11-13)20-21-18(15)14-5-6-19-17(12-14)22-7-9-23-10-8-22/h3-6,11-12H,2,7-10H2,1H3,(H,20,21). The van der Waals surface area contributed by atoms with Crippen molar-refractivity contribution in [2.75, 3.05) is 31.2 Å². The van der Waals surface area contributed by atoms with Gasteiger partial charge in [0.2, 0.25) is 0 Å². The summed E-state index contributed by atoms with van der Waals surface area (Å²) in [4.78, 5) is 6.77. The van der Waals surface area contributed by atoms with Crippen LogP contribution in [0.4, 0.5) is 5.82 Å². The highest BCUT2D eigenvalue weighted by molar-refractivity contribution is 5.93. The van der Waals surface area contributed by atoms with Gasteiger partial charge in [0, 0.05) is 30.2 Å². The van der Waals surface area contributed by atoms with Gasteiger partial charge in [0.15, 0.2) is 0 Å². The van der Waals surface area contributed by atoms with Crippen molar-refractivity contribution < 1.29 is 4.74 Å². The van der Waals surface area contributed by atoms with E-state index in [0.717, 1.165) is 60.7 Å². The fraction of sp³-hybridized carbons (Fsp3) is 0.333. The van der Waals surface area contributed by atoms with Crippen LogP contribution >= 0.6 is 0 Å². The molecule has 3 aromatic rings. The Kier molecular flexibility index (Phi) is 3.71. The molecule has 0 atom stereocenters. The molecule has 1 aliphatic rings. The summed E-state index contributed by atoms with van der Waals surface area (Å²) in [5, 5.41) is 8.84.